The van der Waals surface area contributed by atoms with E-state index < -0.39 is 21.1 Å². The van der Waals surface area contributed by atoms with Gasteiger partial charge in [-0.25, -0.2) is 13.1 Å². The fraction of sp³-hybridized carbons (Fsp3) is 0.500. The van der Waals surface area contributed by atoms with E-state index in [0.717, 1.165) is 19.4 Å². The van der Waals surface area contributed by atoms with Crippen LogP contribution in [0.5, 0.6) is 0 Å². The zero-order valence-corrected chi connectivity index (χ0v) is 14.9. The van der Waals surface area contributed by atoms with Gasteiger partial charge in [0.25, 0.3) is 0 Å². The highest BCUT2D eigenvalue weighted by Crippen LogP contribution is 2.14. The minimum Gasteiger partial charge on any atom is -0.379 e. The highest BCUT2D eigenvalue weighted by molar-refractivity contribution is 7.89. The van der Waals surface area contributed by atoms with Crippen LogP contribution < -0.4 is 15.8 Å². The lowest BCUT2D eigenvalue weighted by Gasteiger charge is -2.10. The Morgan fingerprint density at radius 3 is 2.69 bits per heavy atom. The molecule has 1 aliphatic rings. The fourth-order valence-corrected chi connectivity index (χ4v) is 3.82. The minimum atomic E-state index is -3.72. The van der Waals surface area contributed by atoms with Crippen molar-refractivity contribution < 1.29 is 17.9 Å². The van der Waals surface area contributed by atoms with Gasteiger partial charge in [-0.05, 0) is 37.5 Å². The summed E-state index contributed by atoms with van der Waals surface area (Å²) in [5.41, 5.74) is -1.01. The summed E-state index contributed by atoms with van der Waals surface area (Å²) in [6.07, 6.45) is 2.74. The zero-order valence-electron chi connectivity index (χ0n) is 14.1. The Hall–Kier alpha value is -2.01. The number of H-pyrrole nitrogens is 2. The summed E-state index contributed by atoms with van der Waals surface area (Å²) in [5.74, 6) is 0. The summed E-state index contributed by atoms with van der Waals surface area (Å²) in [5, 5.41) is 0. The van der Waals surface area contributed by atoms with Crippen LogP contribution in [0.15, 0.2) is 32.7 Å². The fourth-order valence-electron chi connectivity index (χ4n) is 2.72. The van der Waals surface area contributed by atoms with Crippen molar-refractivity contribution in [2.24, 2.45) is 0 Å². The van der Waals surface area contributed by atoms with Crippen LogP contribution in [0.4, 0.5) is 0 Å². The van der Waals surface area contributed by atoms with Crippen molar-refractivity contribution >= 4 is 21.1 Å². The third kappa shape index (κ3) is 4.58. The molecular weight excluding hydrogens is 362 g/mol. The standard InChI is InChI=1S/C16H21N3O6S/c20-15-16(21)19-14-9-12(4-5-13(14)18-15)26(22,23)17-6-2-7-24-10-11-3-1-8-25-11/h4-5,9,11,17H,1-3,6-8,10H2,(H,18,20)(H,19,21). The summed E-state index contributed by atoms with van der Waals surface area (Å²) in [6.45, 7) is 1.98. The van der Waals surface area contributed by atoms with Crippen LogP contribution in [0.25, 0.3) is 11.0 Å². The van der Waals surface area contributed by atoms with Gasteiger partial charge < -0.3 is 19.4 Å². The Morgan fingerprint density at radius 2 is 1.96 bits per heavy atom. The normalized spacial score (nSPS) is 17.8. The van der Waals surface area contributed by atoms with Crippen LogP contribution in [0.1, 0.15) is 19.3 Å². The van der Waals surface area contributed by atoms with E-state index in [9.17, 15) is 18.0 Å². The lowest BCUT2D eigenvalue weighted by atomic mass is 10.2. The van der Waals surface area contributed by atoms with Crippen LogP contribution in [0.2, 0.25) is 0 Å². The van der Waals surface area contributed by atoms with Gasteiger partial charge in [-0.2, -0.15) is 0 Å². The molecule has 0 radical (unpaired) electrons. The molecule has 1 aliphatic heterocycles. The number of hydrogen-bond donors (Lipinski definition) is 3. The van der Waals surface area contributed by atoms with Gasteiger partial charge >= 0.3 is 11.1 Å². The molecule has 10 heteroatoms. The number of fused-ring (bicyclic) bond motifs is 1. The Labute approximate surface area is 149 Å². The van der Waals surface area contributed by atoms with E-state index in [1.54, 1.807) is 0 Å². The molecule has 0 aliphatic carbocycles. The molecule has 3 N–H and O–H groups in total. The maximum absolute atomic E-state index is 12.3. The maximum atomic E-state index is 12.3. The lowest BCUT2D eigenvalue weighted by molar-refractivity contribution is 0.0169. The summed E-state index contributed by atoms with van der Waals surface area (Å²) in [4.78, 5) is 27.4. The number of aromatic amines is 2. The topological polar surface area (TPSA) is 130 Å². The molecule has 1 aromatic heterocycles. The molecule has 142 valence electrons. The second-order valence-electron chi connectivity index (χ2n) is 6.08. The monoisotopic (exact) mass is 383 g/mol. The molecule has 2 heterocycles. The Bertz CT molecular complexity index is 975. The predicted octanol–water partition coefficient (Wildman–Crippen LogP) is 0.0804. The molecule has 1 fully saturated rings. The lowest BCUT2D eigenvalue weighted by Crippen LogP contribution is -2.29. The van der Waals surface area contributed by atoms with Gasteiger partial charge in [-0.15, -0.1) is 0 Å². The van der Waals surface area contributed by atoms with E-state index >= 15 is 0 Å². The third-order valence-electron chi connectivity index (χ3n) is 4.09. The van der Waals surface area contributed by atoms with Crippen molar-refractivity contribution in [1.82, 2.24) is 14.7 Å². The van der Waals surface area contributed by atoms with Gasteiger partial charge in [0.1, 0.15) is 0 Å². The molecule has 1 saturated heterocycles. The number of nitrogens with one attached hydrogen (secondary N) is 3. The summed E-state index contributed by atoms with van der Waals surface area (Å²) in [7, 11) is -3.72. The first kappa shape index (κ1) is 18.8. The van der Waals surface area contributed by atoms with Crippen LogP contribution in [0.3, 0.4) is 0 Å². The molecule has 0 amide bonds. The van der Waals surface area contributed by atoms with Crippen molar-refractivity contribution in [3.05, 3.63) is 38.9 Å². The van der Waals surface area contributed by atoms with Crippen molar-refractivity contribution in [1.29, 1.82) is 0 Å². The van der Waals surface area contributed by atoms with E-state index in [0.29, 0.717) is 25.2 Å². The molecule has 9 nitrogen and oxygen atoms in total. The average molecular weight is 383 g/mol. The van der Waals surface area contributed by atoms with Crippen LogP contribution in [-0.4, -0.2) is 50.9 Å². The highest BCUT2D eigenvalue weighted by atomic mass is 32.2. The van der Waals surface area contributed by atoms with Crippen molar-refractivity contribution in [3.8, 4) is 0 Å². The van der Waals surface area contributed by atoms with E-state index in [-0.39, 0.29) is 23.1 Å². The first-order valence-electron chi connectivity index (χ1n) is 8.41. The van der Waals surface area contributed by atoms with Crippen LogP contribution in [0, 0.1) is 0 Å². The molecule has 0 spiro atoms. The second-order valence-corrected chi connectivity index (χ2v) is 7.84. The maximum Gasteiger partial charge on any atom is 0.314 e. The van der Waals surface area contributed by atoms with Gasteiger partial charge in [0.2, 0.25) is 10.0 Å². The van der Waals surface area contributed by atoms with E-state index in [4.69, 9.17) is 9.47 Å². The molecular formula is C16H21N3O6S. The van der Waals surface area contributed by atoms with E-state index in [1.807, 2.05) is 0 Å². The number of benzene rings is 1. The Morgan fingerprint density at radius 1 is 1.19 bits per heavy atom. The predicted molar refractivity (Wildman–Crippen MR) is 94.8 cm³/mol. The molecule has 0 saturated carbocycles. The smallest absolute Gasteiger partial charge is 0.314 e. The Kier molecular flexibility index (Phi) is 5.87. The number of sulfonamides is 1. The molecule has 0 bridgehead atoms. The van der Waals surface area contributed by atoms with Crippen LogP contribution >= 0.6 is 0 Å². The first-order valence-corrected chi connectivity index (χ1v) is 9.89. The average Bonchev–Trinajstić information content (AvgIpc) is 3.12. The Balaban J connectivity index is 1.54. The van der Waals surface area contributed by atoms with Crippen molar-refractivity contribution in [2.45, 2.75) is 30.3 Å². The molecule has 2 aromatic rings. The van der Waals surface area contributed by atoms with Gasteiger partial charge in [-0.1, -0.05) is 0 Å². The zero-order chi connectivity index (χ0) is 18.6. The first-order chi connectivity index (χ1) is 12.5. The largest absolute Gasteiger partial charge is 0.379 e. The SMILES string of the molecule is O=c1[nH]c2ccc(S(=O)(=O)NCCCOCC3CCCO3)cc2[nH]c1=O. The van der Waals surface area contributed by atoms with Gasteiger partial charge in [0, 0.05) is 19.8 Å². The number of aromatic nitrogens is 2. The van der Waals surface area contributed by atoms with Gasteiger partial charge in [0.05, 0.1) is 28.6 Å². The molecule has 26 heavy (non-hydrogen) atoms. The summed E-state index contributed by atoms with van der Waals surface area (Å²) < 4.78 is 38.1. The molecule has 1 atom stereocenters. The number of hydrogen-bond acceptors (Lipinski definition) is 6. The highest BCUT2D eigenvalue weighted by Gasteiger charge is 2.16. The van der Waals surface area contributed by atoms with E-state index in [1.165, 1.54) is 18.2 Å². The van der Waals surface area contributed by atoms with E-state index in [2.05, 4.69) is 14.7 Å². The van der Waals surface area contributed by atoms with Gasteiger partial charge in [0.15, 0.2) is 0 Å². The number of rotatable bonds is 8. The van der Waals surface area contributed by atoms with Crippen LogP contribution in [-0.2, 0) is 19.5 Å². The summed E-state index contributed by atoms with van der Waals surface area (Å²) in [6, 6.07) is 4.11. The summed E-state index contributed by atoms with van der Waals surface area (Å²) >= 11 is 0. The van der Waals surface area contributed by atoms with Crippen molar-refractivity contribution in [2.75, 3.05) is 26.4 Å². The number of ether oxygens (including phenoxy) is 2. The molecule has 1 unspecified atom stereocenters. The second kappa shape index (κ2) is 8.12. The molecule has 3 rings (SSSR count). The molecule has 1 aromatic carbocycles. The van der Waals surface area contributed by atoms with Crippen molar-refractivity contribution in [3.63, 3.8) is 0 Å². The third-order valence-corrected chi connectivity index (χ3v) is 5.55. The van der Waals surface area contributed by atoms with Gasteiger partial charge in [-0.3, -0.25) is 9.59 Å². The quantitative estimate of drug-likeness (QED) is 0.437. The minimum absolute atomic E-state index is 0.00738.